The Morgan fingerprint density at radius 1 is 1.18 bits per heavy atom. The van der Waals surface area contributed by atoms with Gasteiger partial charge in [-0.15, -0.1) is 0 Å². The molecule has 0 aliphatic carbocycles. The average molecular weight is 327 g/mol. The van der Waals surface area contributed by atoms with Crippen molar-refractivity contribution in [2.24, 2.45) is 5.73 Å². The Hall–Kier alpha value is -1.48. The van der Waals surface area contributed by atoms with Crippen molar-refractivity contribution in [1.82, 2.24) is 10.0 Å². The summed E-state index contributed by atoms with van der Waals surface area (Å²) in [7, 11) is -3.55. The number of amides is 1. The Morgan fingerprint density at radius 3 is 2.45 bits per heavy atom. The molecule has 0 atom stereocenters. The van der Waals surface area contributed by atoms with E-state index in [2.05, 4.69) is 10.0 Å². The fraction of sp³-hybridized carbons (Fsp3) is 0.500. The molecule has 1 aliphatic heterocycles. The van der Waals surface area contributed by atoms with E-state index in [0.717, 1.165) is 0 Å². The lowest BCUT2D eigenvalue weighted by molar-refractivity contribution is -0.129. The lowest BCUT2D eigenvalue weighted by Crippen LogP contribution is -2.57. The third-order valence-electron chi connectivity index (χ3n) is 3.59. The van der Waals surface area contributed by atoms with Gasteiger partial charge in [0.2, 0.25) is 15.9 Å². The van der Waals surface area contributed by atoms with E-state index in [4.69, 9.17) is 10.5 Å². The molecule has 0 unspecified atom stereocenters. The average Bonchev–Trinajstić information content (AvgIpc) is 2.53. The van der Waals surface area contributed by atoms with Gasteiger partial charge in [-0.3, -0.25) is 4.79 Å². The molecule has 0 radical (unpaired) electrons. The van der Waals surface area contributed by atoms with Crippen LogP contribution in [0.2, 0.25) is 0 Å². The van der Waals surface area contributed by atoms with Crippen LogP contribution < -0.4 is 15.8 Å². The van der Waals surface area contributed by atoms with Gasteiger partial charge in [0.25, 0.3) is 0 Å². The molecule has 7 nitrogen and oxygen atoms in total. The van der Waals surface area contributed by atoms with Crippen LogP contribution in [0.25, 0.3) is 0 Å². The van der Waals surface area contributed by atoms with Gasteiger partial charge < -0.3 is 15.8 Å². The Bertz CT molecular complexity index is 598. The number of carbonyl (C=O) groups excluding carboxylic acids is 1. The van der Waals surface area contributed by atoms with Crippen LogP contribution in [0.3, 0.4) is 0 Å². The fourth-order valence-corrected chi connectivity index (χ4v) is 3.24. The number of nitrogens with one attached hydrogen (secondary N) is 2. The van der Waals surface area contributed by atoms with Crippen molar-refractivity contribution in [3.05, 3.63) is 30.3 Å². The van der Waals surface area contributed by atoms with E-state index in [0.29, 0.717) is 26.1 Å². The third kappa shape index (κ3) is 4.26. The first-order valence-electron chi connectivity index (χ1n) is 7.14. The second-order valence-electron chi connectivity index (χ2n) is 5.24. The zero-order valence-corrected chi connectivity index (χ0v) is 13.1. The van der Waals surface area contributed by atoms with Gasteiger partial charge in [-0.1, -0.05) is 18.2 Å². The molecule has 1 aromatic carbocycles. The molecule has 1 amide bonds. The smallest absolute Gasteiger partial charge is 0.240 e. The van der Waals surface area contributed by atoms with Gasteiger partial charge >= 0.3 is 0 Å². The zero-order valence-electron chi connectivity index (χ0n) is 12.2. The molecule has 2 rings (SSSR count). The highest BCUT2D eigenvalue weighted by atomic mass is 32.2. The molecule has 1 heterocycles. The highest BCUT2D eigenvalue weighted by Crippen LogP contribution is 2.17. The van der Waals surface area contributed by atoms with Gasteiger partial charge in [0.15, 0.2) is 0 Å². The first-order valence-corrected chi connectivity index (χ1v) is 8.62. The SMILES string of the molecule is NC1(C(=O)NCCNS(=O)(=O)c2ccccc2)CCOCC1. The van der Waals surface area contributed by atoms with Crippen molar-refractivity contribution in [2.45, 2.75) is 23.3 Å². The summed E-state index contributed by atoms with van der Waals surface area (Å²) in [5, 5.41) is 2.67. The molecule has 8 heteroatoms. The predicted molar refractivity (Wildman–Crippen MR) is 81.6 cm³/mol. The fourth-order valence-electron chi connectivity index (χ4n) is 2.18. The summed E-state index contributed by atoms with van der Waals surface area (Å²) in [5.41, 5.74) is 5.11. The lowest BCUT2D eigenvalue weighted by atomic mass is 9.90. The highest BCUT2D eigenvalue weighted by Gasteiger charge is 2.35. The number of rotatable bonds is 6. The van der Waals surface area contributed by atoms with E-state index in [1.54, 1.807) is 18.2 Å². The normalized spacial score (nSPS) is 17.9. The Labute approximate surface area is 130 Å². The second kappa shape index (κ2) is 7.19. The minimum absolute atomic E-state index is 0.107. The van der Waals surface area contributed by atoms with Crippen LogP contribution in [0, 0.1) is 0 Å². The van der Waals surface area contributed by atoms with E-state index in [9.17, 15) is 13.2 Å². The van der Waals surface area contributed by atoms with Gasteiger partial charge in [0, 0.05) is 26.3 Å². The molecule has 1 aliphatic rings. The van der Waals surface area contributed by atoms with Crippen LogP contribution in [0.4, 0.5) is 0 Å². The number of ether oxygens (including phenoxy) is 1. The number of sulfonamides is 1. The number of carbonyl (C=O) groups is 1. The van der Waals surface area contributed by atoms with Gasteiger partial charge in [-0.25, -0.2) is 13.1 Å². The summed E-state index contributed by atoms with van der Waals surface area (Å²) >= 11 is 0. The van der Waals surface area contributed by atoms with Crippen LogP contribution in [0.1, 0.15) is 12.8 Å². The van der Waals surface area contributed by atoms with Crippen LogP contribution in [-0.4, -0.2) is 46.2 Å². The second-order valence-corrected chi connectivity index (χ2v) is 7.00. The summed E-state index contributed by atoms with van der Waals surface area (Å²) in [6.45, 7) is 1.22. The van der Waals surface area contributed by atoms with Crippen molar-refractivity contribution < 1.29 is 17.9 Å². The number of nitrogens with two attached hydrogens (primary N) is 1. The summed E-state index contributed by atoms with van der Waals surface area (Å²) in [6.07, 6.45) is 0.934. The predicted octanol–water partition coefficient (Wildman–Crippen LogP) is -0.411. The zero-order chi connectivity index (χ0) is 16.1. The van der Waals surface area contributed by atoms with Gasteiger partial charge in [0.1, 0.15) is 0 Å². The van der Waals surface area contributed by atoms with Crippen molar-refractivity contribution in [3.8, 4) is 0 Å². The summed E-state index contributed by atoms with van der Waals surface area (Å²) in [6, 6.07) is 8.07. The molecule has 1 aromatic rings. The topological polar surface area (TPSA) is 111 Å². The third-order valence-corrected chi connectivity index (χ3v) is 5.07. The van der Waals surface area contributed by atoms with E-state index in [1.165, 1.54) is 12.1 Å². The maximum absolute atomic E-state index is 12.0. The lowest BCUT2D eigenvalue weighted by Gasteiger charge is -2.31. The van der Waals surface area contributed by atoms with E-state index >= 15 is 0 Å². The van der Waals surface area contributed by atoms with Crippen LogP contribution >= 0.6 is 0 Å². The van der Waals surface area contributed by atoms with E-state index in [-0.39, 0.29) is 23.9 Å². The Kier molecular flexibility index (Phi) is 5.52. The van der Waals surface area contributed by atoms with Crippen LogP contribution in [-0.2, 0) is 19.6 Å². The Balaban J connectivity index is 1.78. The van der Waals surface area contributed by atoms with Crippen molar-refractivity contribution in [1.29, 1.82) is 0 Å². The highest BCUT2D eigenvalue weighted by molar-refractivity contribution is 7.89. The standard InChI is InChI=1S/C14H21N3O4S/c15-14(6-10-21-11-7-14)13(18)16-8-9-17-22(19,20)12-4-2-1-3-5-12/h1-5,17H,6-11,15H2,(H,16,18). The maximum atomic E-state index is 12.0. The molecular weight excluding hydrogens is 306 g/mol. The molecular formula is C14H21N3O4S. The quantitative estimate of drug-likeness (QED) is 0.615. The molecule has 122 valence electrons. The van der Waals surface area contributed by atoms with Gasteiger partial charge in [0.05, 0.1) is 10.4 Å². The van der Waals surface area contributed by atoms with Gasteiger partial charge in [-0.05, 0) is 25.0 Å². The Morgan fingerprint density at radius 2 is 1.82 bits per heavy atom. The molecule has 0 aromatic heterocycles. The molecule has 0 bridgehead atoms. The number of benzene rings is 1. The van der Waals surface area contributed by atoms with Crippen molar-refractivity contribution in [3.63, 3.8) is 0 Å². The van der Waals surface area contributed by atoms with Gasteiger partial charge in [-0.2, -0.15) is 0 Å². The molecule has 1 fully saturated rings. The summed E-state index contributed by atoms with van der Waals surface area (Å²) in [5.74, 6) is -0.269. The first-order chi connectivity index (χ1) is 10.4. The minimum Gasteiger partial charge on any atom is -0.381 e. The van der Waals surface area contributed by atoms with Crippen molar-refractivity contribution >= 4 is 15.9 Å². The molecule has 22 heavy (non-hydrogen) atoms. The van der Waals surface area contributed by atoms with E-state index in [1.807, 2.05) is 0 Å². The first kappa shape index (κ1) is 16.9. The number of hydrogen-bond donors (Lipinski definition) is 3. The van der Waals surface area contributed by atoms with Crippen molar-refractivity contribution in [2.75, 3.05) is 26.3 Å². The maximum Gasteiger partial charge on any atom is 0.240 e. The minimum atomic E-state index is -3.55. The van der Waals surface area contributed by atoms with Crippen LogP contribution in [0.5, 0.6) is 0 Å². The molecule has 4 N–H and O–H groups in total. The monoisotopic (exact) mass is 327 g/mol. The number of hydrogen-bond acceptors (Lipinski definition) is 5. The molecule has 0 spiro atoms. The molecule has 1 saturated heterocycles. The molecule has 0 saturated carbocycles. The summed E-state index contributed by atoms with van der Waals surface area (Å²) in [4.78, 5) is 12.2. The largest absolute Gasteiger partial charge is 0.381 e. The van der Waals surface area contributed by atoms with E-state index < -0.39 is 15.6 Å². The van der Waals surface area contributed by atoms with Crippen LogP contribution in [0.15, 0.2) is 35.2 Å². The summed E-state index contributed by atoms with van der Waals surface area (Å²) < 4.78 is 31.6.